The van der Waals surface area contributed by atoms with Gasteiger partial charge in [0.1, 0.15) is 6.10 Å². The number of aromatic carboxylic acids is 1. The first-order chi connectivity index (χ1) is 8.58. The molecule has 18 heavy (non-hydrogen) atoms. The molecule has 0 spiro atoms. The summed E-state index contributed by atoms with van der Waals surface area (Å²) in [7, 11) is 0. The van der Waals surface area contributed by atoms with E-state index in [-0.39, 0.29) is 11.7 Å². The van der Waals surface area contributed by atoms with Crippen LogP contribution in [0.15, 0.2) is 12.4 Å². The highest BCUT2D eigenvalue weighted by Gasteiger charge is 2.25. The first kappa shape index (κ1) is 12.9. The second-order valence-corrected chi connectivity index (χ2v) is 4.58. The smallest absolute Gasteiger partial charge is 0.338 e. The van der Waals surface area contributed by atoms with Gasteiger partial charge in [0.25, 0.3) is 0 Å². The minimum Gasteiger partial charge on any atom is -0.478 e. The van der Waals surface area contributed by atoms with E-state index in [1.54, 1.807) is 0 Å². The summed E-state index contributed by atoms with van der Waals surface area (Å²) in [5.41, 5.74) is 0.0928. The van der Waals surface area contributed by atoms with Crippen molar-refractivity contribution < 1.29 is 14.6 Å². The number of rotatable bonds is 3. The molecule has 1 N–H and O–H groups in total. The van der Waals surface area contributed by atoms with Gasteiger partial charge >= 0.3 is 5.97 Å². The monoisotopic (exact) mass is 251 g/mol. The van der Waals surface area contributed by atoms with Gasteiger partial charge < -0.3 is 9.84 Å². The van der Waals surface area contributed by atoms with Crippen molar-refractivity contribution in [2.45, 2.75) is 26.0 Å². The molecule has 0 aliphatic carbocycles. The number of carbonyl (C=O) groups is 1. The van der Waals surface area contributed by atoms with Crippen molar-refractivity contribution in [1.29, 1.82) is 0 Å². The highest BCUT2D eigenvalue weighted by atomic mass is 16.5. The lowest BCUT2D eigenvalue weighted by Crippen LogP contribution is -2.42. The minimum atomic E-state index is -1.02. The van der Waals surface area contributed by atoms with Gasteiger partial charge in [-0.15, -0.1) is 0 Å². The molecule has 1 atom stereocenters. The van der Waals surface area contributed by atoms with E-state index < -0.39 is 5.97 Å². The third-order valence-corrected chi connectivity index (χ3v) is 3.03. The molecule has 6 heteroatoms. The van der Waals surface area contributed by atoms with E-state index in [0.717, 1.165) is 13.1 Å². The van der Waals surface area contributed by atoms with Gasteiger partial charge in [-0.25, -0.2) is 14.8 Å². The predicted octanol–water partition coefficient (Wildman–Crippen LogP) is 0.956. The van der Waals surface area contributed by atoms with Crippen molar-refractivity contribution in [1.82, 2.24) is 14.9 Å². The molecule has 0 radical (unpaired) electrons. The molecule has 1 unspecified atom stereocenters. The Labute approximate surface area is 106 Å². The molecule has 98 valence electrons. The van der Waals surface area contributed by atoms with Crippen LogP contribution < -0.4 is 0 Å². The minimum absolute atomic E-state index is 0.0928. The Morgan fingerprint density at radius 3 is 2.72 bits per heavy atom. The van der Waals surface area contributed by atoms with E-state index >= 15 is 0 Å². The maximum atomic E-state index is 10.7. The van der Waals surface area contributed by atoms with Crippen LogP contribution in [0, 0.1) is 0 Å². The molecular weight excluding hydrogens is 234 g/mol. The van der Waals surface area contributed by atoms with E-state index in [1.807, 2.05) is 0 Å². The van der Waals surface area contributed by atoms with Gasteiger partial charge in [-0.05, 0) is 13.8 Å². The van der Waals surface area contributed by atoms with E-state index in [2.05, 4.69) is 28.7 Å². The van der Waals surface area contributed by atoms with Crippen molar-refractivity contribution in [2.24, 2.45) is 0 Å². The number of morpholine rings is 1. The van der Waals surface area contributed by atoms with Crippen molar-refractivity contribution in [3.63, 3.8) is 0 Å². The molecule has 2 heterocycles. The Balaban J connectivity index is 2.09. The molecule has 0 saturated carbocycles. The molecule has 1 aromatic heterocycles. The summed E-state index contributed by atoms with van der Waals surface area (Å²) in [4.78, 5) is 21.2. The van der Waals surface area contributed by atoms with Crippen LogP contribution >= 0.6 is 0 Å². The zero-order chi connectivity index (χ0) is 13.1. The number of ether oxygens (including phenoxy) is 1. The SMILES string of the molecule is CC(C)N1CCOC(c2ncc(C(=O)O)cn2)C1. The molecule has 1 fully saturated rings. The number of hydrogen-bond donors (Lipinski definition) is 1. The molecule has 6 nitrogen and oxygen atoms in total. The van der Waals surface area contributed by atoms with Crippen molar-refractivity contribution in [2.75, 3.05) is 19.7 Å². The number of hydrogen-bond acceptors (Lipinski definition) is 5. The molecule has 1 aliphatic heterocycles. The van der Waals surface area contributed by atoms with Crippen LogP contribution in [-0.4, -0.2) is 51.7 Å². The molecular formula is C12H17N3O3. The highest BCUT2D eigenvalue weighted by Crippen LogP contribution is 2.20. The van der Waals surface area contributed by atoms with Crippen LogP contribution in [0.25, 0.3) is 0 Å². The van der Waals surface area contributed by atoms with Gasteiger partial charge in [0.2, 0.25) is 0 Å². The van der Waals surface area contributed by atoms with Crippen molar-refractivity contribution >= 4 is 5.97 Å². The molecule has 1 aliphatic rings. The van der Waals surface area contributed by atoms with Gasteiger partial charge in [0.05, 0.1) is 12.2 Å². The average Bonchev–Trinajstić information content (AvgIpc) is 2.39. The second-order valence-electron chi connectivity index (χ2n) is 4.58. The summed E-state index contributed by atoms with van der Waals surface area (Å²) >= 11 is 0. The van der Waals surface area contributed by atoms with Crippen LogP contribution in [-0.2, 0) is 4.74 Å². The van der Waals surface area contributed by atoms with Crippen LogP contribution in [0.3, 0.4) is 0 Å². The third-order valence-electron chi connectivity index (χ3n) is 3.03. The van der Waals surface area contributed by atoms with Crippen molar-refractivity contribution in [3.8, 4) is 0 Å². The van der Waals surface area contributed by atoms with Gasteiger partial charge in [-0.2, -0.15) is 0 Å². The normalized spacial score (nSPS) is 21.2. The van der Waals surface area contributed by atoms with E-state index in [4.69, 9.17) is 9.84 Å². The van der Waals surface area contributed by atoms with Crippen LogP contribution in [0.4, 0.5) is 0 Å². The van der Waals surface area contributed by atoms with E-state index in [9.17, 15) is 4.79 Å². The van der Waals surface area contributed by atoms with E-state index in [1.165, 1.54) is 12.4 Å². The van der Waals surface area contributed by atoms with Gasteiger partial charge in [-0.3, -0.25) is 4.90 Å². The Bertz CT molecular complexity index is 419. The topological polar surface area (TPSA) is 75.5 Å². The summed E-state index contributed by atoms with van der Waals surface area (Å²) in [5.74, 6) is -0.472. The third kappa shape index (κ3) is 2.83. The largest absolute Gasteiger partial charge is 0.478 e. The number of nitrogens with zero attached hydrogens (tertiary/aromatic N) is 3. The first-order valence-corrected chi connectivity index (χ1v) is 5.99. The molecule has 1 saturated heterocycles. The summed E-state index contributed by atoms with van der Waals surface area (Å²) in [6.07, 6.45) is 2.47. The van der Waals surface area contributed by atoms with Crippen LogP contribution in [0.5, 0.6) is 0 Å². The maximum absolute atomic E-state index is 10.7. The zero-order valence-electron chi connectivity index (χ0n) is 10.5. The summed E-state index contributed by atoms with van der Waals surface area (Å²) < 4.78 is 5.63. The number of carboxylic acids is 1. The van der Waals surface area contributed by atoms with E-state index in [0.29, 0.717) is 18.5 Å². The van der Waals surface area contributed by atoms with Gasteiger partial charge in [0.15, 0.2) is 5.82 Å². The van der Waals surface area contributed by atoms with Crippen LogP contribution in [0.2, 0.25) is 0 Å². The van der Waals surface area contributed by atoms with Gasteiger partial charge in [-0.1, -0.05) is 0 Å². The molecule has 0 bridgehead atoms. The molecule has 2 rings (SSSR count). The van der Waals surface area contributed by atoms with Crippen molar-refractivity contribution in [3.05, 3.63) is 23.8 Å². The fourth-order valence-corrected chi connectivity index (χ4v) is 1.91. The first-order valence-electron chi connectivity index (χ1n) is 5.99. The Hall–Kier alpha value is -1.53. The highest BCUT2D eigenvalue weighted by molar-refractivity contribution is 5.86. The fourth-order valence-electron chi connectivity index (χ4n) is 1.91. The average molecular weight is 251 g/mol. The quantitative estimate of drug-likeness (QED) is 0.862. The lowest BCUT2D eigenvalue weighted by molar-refractivity contribution is -0.0443. The number of aromatic nitrogens is 2. The second kappa shape index (κ2) is 5.41. The molecule has 1 aromatic rings. The lowest BCUT2D eigenvalue weighted by atomic mass is 10.2. The Morgan fingerprint density at radius 1 is 1.50 bits per heavy atom. The number of carboxylic acid groups (broad SMARTS) is 1. The Kier molecular flexibility index (Phi) is 3.88. The summed E-state index contributed by atoms with van der Waals surface area (Å²) in [6.45, 7) is 6.56. The molecule has 0 amide bonds. The Morgan fingerprint density at radius 2 is 2.17 bits per heavy atom. The fraction of sp³-hybridized carbons (Fsp3) is 0.583. The summed E-state index contributed by atoms with van der Waals surface area (Å²) in [5, 5.41) is 8.78. The predicted molar refractivity (Wildman–Crippen MR) is 64.4 cm³/mol. The molecule has 0 aromatic carbocycles. The zero-order valence-corrected chi connectivity index (χ0v) is 10.5. The van der Waals surface area contributed by atoms with Gasteiger partial charge in [0, 0.05) is 31.5 Å². The maximum Gasteiger partial charge on any atom is 0.338 e. The lowest BCUT2D eigenvalue weighted by Gasteiger charge is -2.34. The summed E-state index contributed by atoms with van der Waals surface area (Å²) in [6, 6.07) is 0.453. The standard InChI is InChI=1S/C12H17N3O3/c1-8(2)15-3-4-18-10(7-15)11-13-5-9(6-14-11)12(16)17/h5-6,8,10H,3-4,7H2,1-2H3,(H,16,17). The van der Waals surface area contributed by atoms with Crippen LogP contribution in [0.1, 0.15) is 36.1 Å².